The van der Waals surface area contributed by atoms with Crippen molar-refractivity contribution in [2.24, 2.45) is 12.8 Å². The van der Waals surface area contributed by atoms with E-state index in [-0.39, 0.29) is 23.1 Å². The number of H-pyrrole nitrogens is 1. The van der Waals surface area contributed by atoms with E-state index in [1.165, 1.54) is 18.3 Å². The lowest BCUT2D eigenvalue weighted by Gasteiger charge is -2.43. The lowest BCUT2D eigenvalue weighted by atomic mass is 9.75. The van der Waals surface area contributed by atoms with E-state index < -0.39 is 6.09 Å². The number of halogens is 1. The quantitative estimate of drug-likeness (QED) is 0.478. The Morgan fingerprint density at radius 2 is 2.23 bits per heavy atom. The average molecular weight is 409 g/mol. The number of fused-ring (bicyclic) bond motifs is 2. The van der Waals surface area contributed by atoms with Crippen LogP contribution in [0.5, 0.6) is 5.75 Å². The van der Waals surface area contributed by atoms with E-state index in [0.717, 1.165) is 5.39 Å². The van der Waals surface area contributed by atoms with E-state index in [0.29, 0.717) is 40.9 Å². The average Bonchev–Trinajstić information content (AvgIpc) is 3.21. The zero-order valence-electron chi connectivity index (χ0n) is 16.4. The summed E-state index contributed by atoms with van der Waals surface area (Å²) in [5.41, 5.74) is 8.03. The lowest BCUT2D eigenvalue weighted by molar-refractivity contribution is 0.147. The number of carbonyl (C=O) groups is 1. The van der Waals surface area contributed by atoms with Crippen LogP contribution in [-0.4, -0.2) is 42.4 Å². The number of amides is 1. The summed E-state index contributed by atoms with van der Waals surface area (Å²) >= 11 is 0. The molecule has 4 aromatic rings. The maximum atomic E-state index is 13.6. The predicted molar refractivity (Wildman–Crippen MR) is 108 cm³/mol. The third-order valence-electron chi connectivity index (χ3n) is 5.43. The number of hydrogen-bond donors (Lipinski definition) is 3. The fourth-order valence-electron chi connectivity index (χ4n) is 4.05. The third-order valence-corrected chi connectivity index (χ3v) is 5.43. The Morgan fingerprint density at radius 1 is 1.43 bits per heavy atom. The van der Waals surface area contributed by atoms with Crippen molar-refractivity contribution in [1.82, 2.24) is 30.0 Å². The van der Waals surface area contributed by atoms with E-state index in [9.17, 15) is 9.18 Å². The predicted octanol–water partition coefficient (Wildman–Crippen LogP) is 2.62. The van der Waals surface area contributed by atoms with Crippen LogP contribution in [0.15, 0.2) is 30.6 Å². The molecule has 0 radical (unpaired) electrons. The minimum Gasteiger partial charge on any atom is -0.406 e. The highest BCUT2D eigenvalue weighted by Crippen LogP contribution is 2.32. The molecule has 1 amide bonds. The summed E-state index contributed by atoms with van der Waals surface area (Å²) in [5.74, 6) is -0.0811. The van der Waals surface area contributed by atoms with E-state index in [1.807, 2.05) is 6.92 Å². The maximum Gasteiger partial charge on any atom is 0.413 e. The number of nitrogens with one attached hydrogen (secondary N) is 2. The third kappa shape index (κ3) is 3.05. The smallest absolute Gasteiger partial charge is 0.406 e. The standard InChI is InChI=1S/C20H20FN7O2/c1-20(6-11(22)7-20)26-19(29)30-15-9-24-18-17(15)25-13(8-23-18)16-12-4-3-10(21)5-14(12)28(2)27-16/h3-5,8-9,11H,6-7,22H2,1-2H3,(H,23,24)(H,26,29)/t11-,20-. The van der Waals surface area contributed by atoms with Crippen molar-refractivity contribution in [3.8, 4) is 17.1 Å². The second-order valence-electron chi connectivity index (χ2n) is 7.98. The van der Waals surface area contributed by atoms with E-state index in [1.54, 1.807) is 24.0 Å². The molecule has 4 N–H and O–H groups in total. The molecule has 0 saturated heterocycles. The normalized spacial score (nSPS) is 21.0. The molecule has 1 aromatic carbocycles. The van der Waals surface area contributed by atoms with Gasteiger partial charge in [0.25, 0.3) is 0 Å². The van der Waals surface area contributed by atoms with Crippen LogP contribution in [0.3, 0.4) is 0 Å². The second kappa shape index (κ2) is 6.49. The Hall–Kier alpha value is -3.53. The number of carbonyl (C=O) groups excluding carboxylic acids is 1. The molecule has 1 fully saturated rings. The number of aryl methyl sites for hydroxylation is 1. The van der Waals surface area contributed by atoms with Crippen LogP contribution in [0.25, 0.3) is 33.5 Å². The molecule has 30 heavy (non-hydrogen) atoms. The van der Waals surface area contributed by atoms with Crippen LogP contribution in [0.2, 0.25) is 0 Å². The molecule has 0 aliphatic heterocycles. The number of nitrogens with zero attached hydrogens (tertiary/aromatic N) is 4. The van der Waals surface area contributed by atoms with Gasteiger partial charge in [-0.2, -0.15) is 5.10 Å². The van der Waals surface area contributed by atoms with Gasteiger partial charge in [0.05, 0.1) is 11.7 Å². The molecule has 3 aromatic heterocycles. The molecule has 0 bridgehead atoms. The summed E-state index contributed by atoms with van der Waals surface area (Å²) in [5, 5.41) is 8.06. The molecular weight excluding hydrogens is 389 g/mol. The molecule has 1 saturated carbocycles. The molecule has 154 valence electrons. The minimum absolute atomic E-state index is 0.0958. The van der Waals surface area contributed by atoms with Crippen molar-refractivity contribution in [3.63, 3.8) is 0 Å². The largest absolute Gasteiger partial charge is 0.413 e. The number of hydrogen-bond acceptors (Lipinski definition) is 6. The van der Waals surface area contributed by atoms with E-state index in [4.69, 9.17) is 10.5 Å². The van der Waals surface area contributed by atoms with Gasteiger partial charge in [0, 0.05) is 30.2 Å². The number of aromatic nitrogens is 5. The van der Waals surface area contributed by atoms with Crippen molar-refractivity contribution in [2.45, 2.75) is 31.3 Å². The van der Waals surface area contributed by atoms with Crippen LogP contribution in [-0.2, 0) is 7.05 Å². The first kappa shape index (κ1) is 18.5. The fourth-order valence-corrected chi connectivity index (χ4v) is 4.05. The summed E-state index contributed by atoms with van der Waals surface area (Å²) in [6, 6.07) is 4.55. The van der Waals surface area contributed by atoms with Crippen LogP contribution in [0.1, 0.15) is 19.8 Å². The van der Waals surface area contributed by atoms with Crippen LogP contribution in [0.4, 0.5) is 9.18 Å². The monoisotopic (exact) mass is 409 g/mol. The molecule has 0 spiro atoms. The van der Waals surface area contributed by atoms with Gasteiger partial charge in [-0.05, 0) is 38.0 Å². The zero-order valence-corrected chi connectivity index (χ0v) is 16.4. The van der Waals surface area contributed by atoms with Crippen LogP contribution >= 0.6 is 0 Å². The van der Waals surface area contributed by atoms with Gasteiger partial charge in [-0.15, -0.1) is 0 Å². The Balaban J connectivity index is 1.47. The van der Waals surface area contributed by atoms with Crippen molar-refractivity contribution in [1.29, 1.82) is 0 Å². The Morgan fingerprint density at radius 3 is 3.00 bits per heavy atom. The molecule has 0 unspecified atom stereocenters. The molecule has 1 aliphatic rings. The summed E-state index contributed by atoms with van der Waals surface area (Å²) in [6.45, 7) is 1.93. The first-order valence-electron chi connectivity index (χ1n) is 9.54. The molecule has 5 rings (SSSR count). The molecular formula is C20H20FN7O2. The number of aromatic amines is 1. The summed E-state index contributed by atoms with van der Waals surface area (Å²) < 4.78 is 20.7. The van der Waals surface area contributed by atoms with Crippen LogP contribution < -0.4 is 15.8 Å². The van der Waals surface area contributed by atoms with Gasteiger partial charge in [-0.3, -0.25) is 4.68 Å². The highest BCUT2D eigenvalue weighted by Gasteiger charge is 2.40. The van der Waals surface area contributed by atoms with Gasteiger partial charge in [0.1, 0.15) is 17.2 Å². The van der Waals surface area contributed by atoms with Gasteiger partial charge in [0.15, 0.2) is 16.9 Å². The van der Waals surface area contributed by atoms with Crippen LogP contribution in [0, 0.1) is 5.82 Å². The zero-order chi connectivity index (χ0) is 21.0. The summed E-state index contributed by atoms with van der Waals surface area (Å²) in [4.78, 5) is 24.3. The number of rotatable bonds is 3. The Labute approximate surface area is 170 Å². The van der Waals surface area contributed by atoms with Gasteiger partial charge in [0.2, 0.25) is 0 Å². The second-order valence-corrected chi connectivity index (χ2v) is 7.98. The van der Waals surface area contributed by atoms with Crippen molar-refractivity contribution in [2.75, 3.05) is 0 Å². The fraction of sp³-hybridized carbons (Fsp3) is 0.300. The first-order valence-corrected chi connectivity index (χ1v) is 9.54. The van der Waals surface area contributed by atoms with Crippen molar-refractivity contribution < 1.29 is 13.9 Å². The maximum absolute atomic E-state index is 13.6. The van der Waals surface area contributed by atoms with Crippen molar-refractivity contribution >= 4 is 28.2 Å². The highest BCUT2D eigenvalue weighted by atomic mass is 19.1. The van der Waals surface area contributed by atoms with Gasteiger partial charge >= 0.3 is 6.09 Å². The first-order chi connectivity index (χ1) is 14.3. The lowest BCUT2D eigenvalue weighted by Crippen LogP contribution is -2.60. The number of ether oxygens (including phenoxy) is 1. The van der Waals surface area contributed by atoms with Crippen molar-refractivity contribution in [3.05, 3.63) is 36.4 Å². The minimum atomic E-state index is -0.573. The highest BCUT2D eigenvalue weighted by molar-refractivity contribution is 5.93. The molecule has 9 nitrogen and oxygen atoms in total. The summed E-state index contributed by atoms with van der Waals surface area (Å²) in [7, 11) is 1.74. The molecule has 10 heteroatoms. The van der Waals surface area contributed by atoms with E-state index in [2.05, 4.69) is 25.4 Å². The summed E-state index contributed by atoms with van der Waals surface area (Å²) in [6.07, 6.45) is 3.94. The Kier molecular flexibility index (Phi) is 4.00. The molecule has 0 atom stereocenters. The Bertz CT molecular complexity index is 1290. The van der Waals surface area contributed by atoms with Gasteiger partial charge in [-0.25, -0.2) is 19.2 Å². The SMILES string of the molecule is Cn1nc(-c2cnc3[nH]cc(OC(=O)N[C@]4(C)C[C@@H](N)C4)c3n2)c2ccc(F)cc21. The molecule has 3 heterocycles. The number of benzene rings is 1. The molecule has 1 aliphatic carbocycles. The van der Waals surface area contributed by atoms with Gasteiger partial charge < -0.3 is 20.8 Å². The number of nitrogens with two attached hydrogens (primary N) is 1. The topological polar surface area (TPSA) is 124 Å². The van der Waals surface area contributed by atoms with Gasteiger partial charge in [-0.1, -0.05) is 0 Å². The van der Waals surface area contributed by atoms with E-state index >= 15 is 0 Å².